The van der Waals surface area contributed by atoms with Crippen molar-refractivity contribution < 1.29 is 13.2 Å². The van der Waals surface area contributed by atoms with E-state index in [9.17, 15) is 13.2 Å². The first-order chi connectivity index (χ1) is 5.41. The second-order valence-corrected chi connectivity index (χ2v) is 2.09. The summed E-state index contributed by atoms with van der Waals surface area (Å²) in [6.45, 7) is 4.60. The van der Waals surface area contributed by atoms with Crippen molar-refractivity contribution >= 4 is 0 Å². The molecule has 0 unspecified atom stereocenters. The molecule has 0 atom stereocenters. The van der Waals surface area contributed by atoms with Gasteiger partial charge in [-0.3, -0.25) is 0 Å². The highest BCUT2D eigenvalue weighted by molar-refractivity contribution is 5.30. The average molecular weight is 177 g/mol. The van der Waals surface area contributed by atoms with Crippen LogP contribution >= 0.6 is 0 Å². The molecule has 0 aliphatic rings. The van der Waals surface area contributed by atoms with Gasteiger partial charge in [-0.05, 0) is 13.0 Å². The van der Waals surface area contributed by atoms with Gasteiger partial charge < -0.3 is 5.73 Å². The summed E-state index contributed by atoms with van der Waals surface area (Å²) >= 11 is 0. The number of alkyl halides is 3. The van der Waals surface area contributed by atoms with E-state index in [0.29, 0.717) is 0 Å². The van der Waals surface area contributed by atoms with Gasteiger partial charge in [-0.1, -0.05) is 18.7 Å². The van der Waals surface area contributed by atoms with Gasteiger partial charge in [0.2, 0.25) is 0 Å². The van der Waals surface area contributed by atoms with Crippen LogP contribution in [0.15, 0.2) is 36.1 Å². The molecule has 12 heavy (non-hydrogen) atoms. The Labute approximate surface area is 69.1 Å². The van der Waals surface area contributed by atoms with Crippen molar-refractivity contribution in [2.75, 3.05) is 0 Å². The quantitative estimate of drug-likeness (QED) is 0.644. The molecule has 1 nitrogen and oxygen atoms in total. The number of hydrogen-bond acceptors (Lipinski definition) is 1. The fourth-order valence-corrected chi connectivity index (χ4v) is 0.519. The Bertz CT molecular complexity index is 223. The molecule has 2 N–H and O–H groups in total. The van der Waals surface area contributed by atoms with Crippen LogP contribution in [0.25, 0.3) is 0 Å². The fourth-order valence-electron chi connectivity index (χ4n) is 0.519. The molecular formula is C8H10F3N. The van der Waals surface area contributed by atoms with Crippen LogP contribution < -0.4 is 5.73 Å². The zero-order valence-electron chi connectivity index (χ0n) is 6.65. The van der Waals surface area contributed by atoms with Gasteiger partial charge >= 0.3 is 6.18 Å². The van der Waals surface area contributed by atoms with E-state index in [-0.39, 0.29) is 5.70 Å². The Morgan fingerprint density at radius 1 is 1.42 bits per heavy atom. The van der Waals surface area contributed by atoms with Crippen molar-refractivity contribution in [1.82, 2.24) is 0 Å². The van der Waals surface area contributed by atoms with Crippen molar-refractivity contribution in [2.24, 2.45) is 5.73 Å². The summed E-state index contributed by atoms with van der Waals surface area (Å²) in [7, 11) is 0. The molecule has 0 aromatic rings. The zero-order chi connectivity index (χ0) is 9.78. The van der Waals surface area contributed by atoms with Crippen molar-refractivity contribution in [3.63, 3.8) is 0 Å². The Kier molecular flexibility index (Phi) is 3.60. The Morgan fingerprint density at radius 2 is 1.92 bits per heavy atom. The van der Waals surface area contributed by atoms with E-state index in [1.54, 1.807) is 6.92 Å². The molecule has 0 radical (unpaired) electrons. The Hall–Kier alpha value is -1.19. The highest BCUT2D eigenvalue weighted by Gasteiger charge is 2.31. The molecule has 0 aromatic heterocycles. The molecule has 0 saturated heterocycles. The van der Waals surface area contributed by atoms with Crippen LogP contribution in [0.5, 0.6) is 0 Å². The van der Waals surface area contributed by atoms with E-state index in [1.807, 2.05) is 0 Å². The van der Waals surface area contributed by atoms with Crippen LogP contribution in [0, 0.1) is 0 Å². The summed E-state index contributed by atoms with van der Waals surface area (Å²) in [4.78, 5) is 0. The Morgan fingerprint density at radius 3 is 2.17 bits per heavy atom. The van der Waals surface area contributed by atoms with Crippen LogP contribution in [0.3, 0.4) is 0 Å². The van der Waals surface area contributed by atoms with E-state index >= 15 is 0 Å². The zero-order valence-corrected chi connectivity index (χ0v) is 6.65. The van der Waals surface area contributed by atoms with Gasteiger partial charge in [0.1, 0.15) is 0 Å². The number of rotatable bonds is 2. The molecular weight excluding hydrogens is 167 g/mol. The molecule has 0 aliphatic carbocycles. The van der Waals surface area contributed by atoms with Crippen molar-refractivity contribution in [3.8, 4) is 0 Å². The standard InChI is InChI=1S/C8H10F3N/c1-3-6(8(9,10)11)5-7(12)4-2/h3-5H,1,12H2,2H3/b6-5+,7-4+. The second-order valence-electron chi connectivity index (χ2n) is 2.09. The summed E-state index contributed by atoms with van der Waals surface area (Å²) in [6.07, 6.45) is -1.42. The minimum absolute atomic E-state index is 0.0715. The Balaban J connectivity index is 4.80. The predicted octanol–water partition coefficient (Wildman–Crippen LogP) is 2.52. The van der Waals surface area contributed by atoms with Gasteiger partial charge in [0.25, 0.3) is 0 Å². The molecule has 0 rings (SSSR count). The maximum Gasteiger partial charge on any atom is 0.416 e. The van der Waals surface area contributed by atoms with E-state index in [2.05, 4.69) is 6.58 Å². The first-order valence-electron chi connectivity index (χ1n) is 3.25. The highest BCUT2D eigenvalue weighted by Crippen LogP contribution is 2.26. The number of nitrogens with two attached hydrogens (primary N) is 1. The molecule has 0 heterocycles. The average Bonchev–Trinajstić information content (AvgIpc) is 1.97. The van der Waals surface area contributed by atoms with Gasteiger partial charge in [0.05, 0.1) is 5.57 Å². The third-order valence-electron chi connectivity index (χ3n) is 1.20. The largest absolute Gasteiger partial charge is 0.416 e. The summed E-state index contributed by atoms with van der Waals surface area (Å²) < 4.78 is 36.0. The van der Waals surface area contributed by atoms with Crippen LogP contribution in [0.4, 0.5) is 13.2 Å². The highest BCUT2D eigenvalue weighted by atomic mass is 19.4. The molecule has 0 bridgehead atoms. The topological polar surface area (TPSA) is 26.0 Å². The lowest BCUT2D eigenvalue weighted by atomic mass is 10.2. The lowest BCUT2D eigenvalue weighted by Crippen LogP contribution is -2.11. The fraction of sp³-hybridized carbons (Fsp3) is 0.250. The third-order valence-corrected chi connectivity index (χ3v) is 1.20. The van der Waals surface area contributed by atoms with Crippen molar-refractivity contribution in [3.05, 3.63) is 36.1 Å². The van der Waals surface area contributed by atoms with Crippen LogP contribution in [-0.4, -0.2) is 6.18 Å². The van der Waals surface area contributed by atoms with Crippen LogP contribution in [-0.2, 0) is 0 Å². The molecule has 0 saturated carbocycles. The molecule has 0 amide bonds. The summed E-state index contributed by atoms with van der Waals surface area (Å²) in [5.41, 5.74) is 4.42. The minimum atomic E-state index is -4.38. The van der Waals surface area contributed by atoms with Gasteiger partial charge in [-0.2, -0.15) is 13.2 Å². The molecule has 68 valence electrons. The molecule has 0 spiro atoms. The smallest absolute Gasteiger partial charge is 0.399 e. The van der Waals surface area contributed by atoms with Crippen LogP contribution in [0.1, 0.15) is 6.92 Å². The second kappa shape index (κ2) is 3.99. The first kappa shape index (κ1) is 10.8. The summed E-state index contributed by atoms with van der Waals surface area (Å²) in [5.74, 6) is 0. The van der Waals surface area contributed by atoms with E-state index < -0.39 is 11.7 Å². The van der Waals surface area contributed by atoms with Crippen molar-refractivity contribution in [1.29, 1.82) is 0 Å². The van der Waals surface area contributed by atoms with Gasteiger partial charge in [0.15, 0.2) is 0 Å². The monoisotopic (exact) mass is 177 g/mol. The predicted molar refractivity (Wildman–Crippen MR) is 42.3 cm³/mol. The van der Waals surface area contributed by atoms with E-state index in [0.717, 1.165) is 12.2 Å². The van der Waals surface area contributed by atoms with Gasteiger partial charge in [0, 0.05) is 5.70 Å². The normalized spacial score (nSPS) is 14.7. The third kappa shape index (κ3) is 3.27. The molecule has 0 fully saturated rings. The molecule has 0 aliphatic heterocycles. The van der Waals surface area contributed by atoms with Gasteiger partial charge in [-0.15, -0.1) is 0 Å². The number of halogens is 3. The minimum Gasteiger partial charge on any atom is -0.399 e. The SMILES string of the molecule is C=C/C(=C\C(N)=C/C)C(F)(F)F. The first-order valence-corrected chi connectivity index (χ1v) is 3.25. The van der Waals surface area contributed by atoms with Gasteiger partial charge in [-0.25, -0.2) is 0 Å². The molecule has 0 aromatic carbocycles. The molecule has 4 heteroatoms. The maximum atomic E-state index is 12.0. The lowest BCUT2D eigenvalue weighted by Gasteiger charge is -2.06. The number of hydrogen-bond donors (Lipinski definition) is 1. The maximum absolute atomic E-state index is 12.0. The summed E-state index contributed by atoms with van der Waals surface area (Å²) in [6, 6.07) is 0. The van der Waals surface area contributed by atoms with E-state index in [4.69, 9.17) is 5.73 Å². The van der Waals surface area contributed by atoms with Crippen molar-refractivity contribution in [2.45, 2.75) is 13.1 Å². The lowest BCUT2D eigenvalue weighted by molar-refractivity contribution is -0.0882. The van der Waals surface area contributed by atoms with E-state index in [1.165, 1.54) is 6.08 Å². The van der Waals surface area contributed by atoms with Crippen LogP contribution in [0.2, 0.25) is 0 Å². The summed E-state index contributed by atoms with van der Waals surface area (Å²) in [5, 5.41) is 0. The number of allylic oxidation sites excluding steroid dienone is 4.